The van der Waals surface area contributed by atoms with Crippen LogP contribution in [0, 0.1) is 5.82 Å². The average Bonchev–Trinajstić information content (AvgIpc) is 2.90. The molecule has 0 saturated heterocycles. The highest BCUT2D eigenvalue weighted by Crippen LogP contribution is 2.28. The van der Waals surface area contributed by atoms with Gasteiger partial charge in [-0.3, -0.25) is 4.79 Å². The molecule has 4 rings (SSSR count). The Labute approximate surface area is 182 Å². The van der Waals surface area contributed by atoms with E-state index in [1.54, 1.807) is 22.8 Å². The highest BCUT2D eigenvalue weighted by Gasteiger charge is 2.23. The average molecular weight is 443 g/mol. The number of aromatic nitrogens is 1. The standard InChI is InChI=1S/C24H27FN2O3S/c25-19-9-7-8-18(14-19)17-31(29,30)23-15-27(22-13-6-5-12-21(22)23)16-24(28)26-20-10-3-1-2-4-11-20/h5-9,12-15,20H,1-4,10-11,16-17H2,(H,26,28). The van der Waals surface area contributed by atoms with Crippen LogP contribution in [-0.4, -0.2) is 24.9 Å². The van der Waals surface area contributed by atoms with Gasteiger partial charge in [0.15, 0.2) is 9.84 Å². The van der Waals surface area contributed by atoms with Crippen LogP contribution in [0.25, 0.3) is 10.9 Å². The van der Waals surface area contributed by atoms with Gasteiger partial charge in [0, 0.05) is 23.1 Å². The lowest BCUT2D eigenvalue weighted by atomic mass is 10.1. The molecule has 164 valence electrons. The van der Waals surface area contributed by atoms with Crippen LogP contribution in [0.1, 0.15) is 44.1 Å². The number of nitrogens with zero attached hydrogens (tertiary/aromatic N) is 1. The number of carbonyl (C=O) groups excluding carboxylic acids is 1. The molecule has 1 fully saturated rings. The number of nitrogens with one attached hydrogen (secondary N) is 1. The summed E-state index contributed by atoms with van der Waals surface area (Å²) in [7, 11) is -3.72. The number of fused-ring (bicyclic) bond motifs is 1. The Morgan fingerprint density at radius 1 is 1.03 bits per heavy atom. The second kappa shape index (κ2) is 9.22. The van der Waals surface area contributed by atoms with Crippen molar-refractivity contribution in [2.75, 3.05) is 0 Å². The molecular weight excluding hydrogens is 415 g/mol. The number of benzene rings is 2. The monoisotopic (exact) mass is 442 g/mol. The minimum absolute atomic E-state index is 0.0620. The number of carbonyl (C=O) groups is 1. The Morgan fingerprint density at radius 2 is 1.77 bits per heavy atom. The summed E-state index contributed by atoms with van der Waals surface area (Å²) in [6, 6.07) is 13.0. The molecule has 0 unspecified atom stereocenters. The highest BCUT2D eigenvalue weighted by atomic mass is 32.2. The van der Waals surface area contributed by atoms with Gasteiger partial charge >= 0.3 is 0 Å². The summed E-state index contributed by atoms with van der Waals surface area (Å²) in [4.78, 5) is 12.9. The van der Waals surface area contributed by atoms with E-state index in [-0.39, 0.29) is 29.1 Å². The second-order valence-electron chi connectivity index (χ2n) is 8.28. The molecule has 1 amide bonds. The van der Waals surface area contributed by atoms with Gasteiger partial charge in [-0.05, 0) is 36.6 Å². The van der Waals surface area contributed by atoms with Crippen molar-refractivity contribution in [1.29, 1.82) is 0 Å². The molecule has 0 atom stereocenters. The Kier molecular flexibility index (Phi) is 6.41. The van der Waals surface area contributed by atoms with E-state index < -0.39 is 15.7 Å². The van der Waals surface area contributed by atoms with Gasteiger partial charge < -0.3 is 9.88 Å². The third kappa shape index (κ3) is 5.15. The summed E-state index contributed by atoms with van der Waals surface area (Å²) in [5, 5.41) is 3.69. The number of rotatable bonds is 6. The lowest BCUT2D eigenvalue weighted by molar-refractivity contribution is -0.122. The highest BCUT2D eigenvalue weighted by molar-refractivity contribution is 7.90. The summed E-state index contributed by atoms with van der Waals surface area (Å²) in [6.07, 6.45) is 8.19. The van der Waals surface area contributed by atoms with Crippen molar-refractivity contribution in [1.82, 2.24) is 9.88 Å². The minimum Gasteiger partial charge on any atom is -0.352 e. The van der Waals surface area contributed by atoms with Gasteiger partial charge in [-0.25, -0.2) is 12.8 Å². The second-order valence-corrected chi connectivity index (χ2v) is 10.2. The maximum absolute atomic E-state index is 13.5. The largest absolute Gasteiger partial charge is 0.352 e. The van der Waals surface area contributed by atoms with Crippen molar-refractivity contribution < 1.29 is 17.6 Å². The molecule has 1 N–H and O–H groups in total. The van der Waals surface area contributed by atoms with Gasteiger partial charge in [-0.1, -0.05) is 56.0 Å². The van der Waals surface area contributed by atoms with Crippen LogP contribution in [0.15, 0.2) is 59.6 Å². The zero-order chi connectivity index (χ0) is 21.8. The summed E-state index contributed by atoms with van der Waals surface area (Å²) in [5.41, 5.74) is 1.08. The number of halogens is 1. The van der Waals surface area contributed by atoms with E-state index in [1.165, 1.54) is 37.2 Å². The van der Waals surface area contributed by atoms with Crippen molar-refractivity contribution in [3.05, 3.63) is 66.1 Å². The summed E-state index contributed by atoms with van der Waals surface area (Å²) in [6.45, 7) is 0.0620. The first-order valence-corrected chi connectivity index (χ1v) is 12.4. The van der Waals surface area contributed by atoms with Crippen LogP contribution < -0.4 is 5.32 Å². The van der Waals surface area contributed by atoms with Crippen molar-refractivity contribution in [2.45, 2.75) is 61.8 Å². The van der Waals surface area contributed by atoms with Crippen molar-refractivity contribution >= 4 is 26.6 Å². The molecule has 1 saturated carbocycles. The molecule has 1 heterocycles. The molecule has 3 aromatic rings. The first-order chi connectivity index (χ1) is 14.9. The van der Waals surface area contributed by atoms with Gasteiger partial charge in [0.25, 0.3) is 0 Å². The van der Waals surface area contributed by atoms with Gasteiger partial charge in [-0.15, -0.1) is 0 Å². The molecule has 5 nitrogen and oxygen atoms in total. The quantitative estimate of drug-likeness (QED) is 0.568. The molecule has 0 spiro atoms. The van der Waals surface area contributed by atoms with Crippen molar-refractivity contribution in [3.63, 3.8) is 0 Å². The molecule has 1 aliphatic rings. The smallest absolute Gasteiger partial charge is 0.240 e. The van der Waals surface area contributed by atoms with E-state index in [0.29, 0.717) is 16.5 Å². The molecule has 2 aromatic carbocycles. The number of sulfone groups is 1. The van der Waals surface area contributed by atoms with Crippen LogP contribution in [0.4, 0.5) is 4.39 Å². The lowest BCUT2D eigenvalue weighted by Crippen LogP contribution is -2.36. The van der Waals surface area contributed by atoms with Crippen LogP contribution >= 0.6 is 0 Å². The van der Waals surface area contributed by atoms with E-state index in [1.807, 2.05) is 12.1 Å². The fraction of sp³-hybridized carbons (Fsp3) is 0.375. The van der Waals surface area contributed by atoms with Gasteiger partial charge in [0.1, 0.15) is 12.4 Å². The first kappa shape index (κ1) is 21.6. The van der Waals surface area contributed by atoms with Crippen LogP contribution in [0.2, 0.25) is 0 Å². The summed E-state index contributed by atoms with van der Waals surface area (Å²) >= 11 is 0. The predicted molar refractivity (Wildman–Crippen MR) is 119 cm³/mol. The third-order valence-electron chi connectivity index (χ3n) is 5.87. The fourth-order valence-electron chi connectivity index (χ4n) is 4.37. The van der Waals surface area contributed by atoms with Crippen molar-refractivity contribution in [2.24, 2.45) is 0 Å². The number of hydrogen-bond donors (Lipinski definition) is 1. The predicted octanol–water partition coefficient (Wildman–Crippen LogP) is 4.59. The summed E-state index contributed by atoms with van der Waals surface area (Å²) in [5.74, 6) is -0.875. The number of para-hydroxylation sites is 1. The van der Waals surface area contributed by atoms with Crippen molar-refractivity contribution in [3.8, 4) is 0 Å². The van der Waals surface area contributed by atoms with Crippen LogP contribution in [0.5, 0.6) is 0 Å². The van der Waals surface area contributed by atoms with E-state index in [0.717, 1.165) is 25.7 Å². The third-order valence-corrected chi connectivity index (χ3v) is 7.58. The molecule has 0 bridgehead atoms. The van der Waals surface area contributed by atoms with Gasteiger partial charge in [0.05, 0.1) is 10.6 Å². The number of amides is 1. The first-order valence-electron chi connectivity index (χ1n) is 10.8. The molecule has 0 radical (unpaired) electrons. The Hall–Kier alpha value is -2.67. The Bertz CT molecular complexity index is 1180. The van der Waals surface area contributed by atoms with E-state index in [4.69, 9.17) is 0 Å². The topological polar surface area (TPSA) is 68.2 Å². The molecular formula is C24H27FN2O3S. The Morgan fingerprint density at radius 3 is 2.52 bits per heavy atom. The molecule has 0 aliphatic heterocycles. The Balaban J connectivity index is 1.59. The molecule has 1 aliphatic carbocycles. The fourth-order valence-corrected chi connectivity index (χ4v) is 5.94. The van der Waals surface area contributed by atoms with Crippen LogP contribution in [0.3, 0.4) is 0 Å². The molecule has 7 heteroatoms. The van der Waals surface area contributed by atoms with Crippen LogP contribution in [-0.2, 0) is 26.9 Å². The number of hydrogen-bond acceptors (Lipinski definition) is 3. The van der Waals surface area contributed by atoms with E-state index in [9.17, 15) is 17.6 Å². The lowest BCUT2D eigenvalue weighted by Gasteiger charge is -2.16. The zero-order valence-electron chi connectivity index (χ0n) is 17.4. The normalized spacial score (nSPS) is 15.6. The molecule has 1 aromatic heterocycles. The molecule has 31 heavy (non-hydrogen) atoms. The summed E-state index contributed by atoms with van der Waals surface area (Å²) < 4.78 is 41.5. The van der Waals surface area contributed by atoms with E-state index >= 15 is 0 Å². The van der Waals surface area contributed by atoms with Gasteiger partial charge in [0.2, 0.25) is 5.91 Å². The van der Waals surface area contributed by atoms with E-state index in [2.05, 4.69) is 5.32 Å². The van der Waals surface area contributed by atoms with Gasteiger partial charge in [-0.2, -0.15) is 0 Å². The minimum atomic E-state index is -3.72. The maximum atomic E-state index is 13.5. The SMILES string of the molecule is O=C(Cn1cc(S(=O)(=O)Cc2cccc(F)c2)c2ccccc21)NC1CCCCCC1. The zero-order valence-corrected chi connectivity index (χ0v) is 18.2. The maximum Gasteiger partial charge on any atom is 0.240 e.